The van der Waals surface area contributed by atoms with Crippen LogP contribution in [0.3, 0.4) is 0 Å². The lowest BCUT2D eigenvalue weighted by Crippen LogP contribution is -2.51. The molecule has 2 N–H and O–H groups in total. The molecule has 3 aliphatic carbocycles. The molecule has 6 nitrogen and oxygen atoms in total. The van der Waals surface area contributed by atoms with Crippen molar-refractivity contribution in [2.24, 2.45) is 17.8 Å². The Balaban J connectivity index is 1.45. The molecule has 2 bridgehead atoms. The fourth-order valence-corrected chi connectivity index (χ4v) is 7.70. The molecule has 0 amide bonds. The zero-order chi connectivity index (χ0) is 26.3. The predicted octanol–water partition coefficient (Wildman–Crippen LogP) is 5.90. The van der Waals surface area contributed by atoms with Gasteiger partial charge in [0.15, 0.2) is 0 Å². The third-order valence-corrected chi connectivity index (χ3v) is 9.08. The molecule has 2 aromatic heterocycles. The molecule has 3 fully saturated rings. The van der Waals surface area contributed by atoms with Crippen molar-refractivity contribution in [3.05, 3.63) is 74.8 Å². The molecule has 1 aromatic carbocycles. The van der Waals surface area contributed by atoms with Gasteiger partial charge in [0.05, 0.1) is 17.3 Å². The maximum Gasteiger partial charge on any atom is 0.337 e. The average Bonchev–Trinajstić information content (AvgIpc) is 3.05. The summed E-state index contributed by atoms with van der Waals surface area (Å²) in [6, 6.07) is 8.36. The van der Waals surface area contributed by atoms with E-state index in [4.69, 9.17) is 4.98 Å². The van der Waals surface area contributed by atoms with Crippen molar-refractivity contribution in [2.45, 2.75) is 70.3 Å². The highest BCUT2D eigenvalue weighted by molar-refractivity contribution is 5.94. The first kappa shape index (κ1) is 24.1. The van der Waals surface area contributed by atoms with Crippen molar-refractivity contribution >= 4 is 17.3 Å². The number of anilines is 1. The minimum absolute atomic E-state index is 0.0206. The number of aromatic carboxylic acids is 1. The molecular weight excluding hydrogens is 476 g/mol. The van der Waals surface area contributed by atoms with E-state index in [0.717, 1.165) is 23.2 Å². The van der Waals surface area contributed by atoms with E-state index in [-0.39, 0.29) is 53.2 Å². The molecule has 6 rings (SSSR count). The summed E-state index contributed by atoms with van der Waals surface area (Å²) in [5.74, 6) is -3.54. The van der Waals surface area contributed by atoms with Crippen LogP contribution < -0.4 is 10.9 Å². The first-order chi connectivity index (χ1) is 17.5. The van der Waals surface area contributed by atoms with E-state index in [1.54, 1.807) is 34.9 Å². The van der Waals surface area contributed by atoms with E-state index in [1.807, 2.05) is 26.8 Å². The molecule has 3 aromatic rings. The summed E-state index contributed by atoms with van der Waals surface area (Å²) in [6.45, 7) is 5.65. The highest BCUT2D eigenvalue weighted by atomic mass is 19.3. The van der Waals surface area contributed by atoms with Gasteiger partial charge in [0.25, 0.3) is 5.56 Å². The lowest BCUT2D eigenvalue weighted by molar-refractivity contribution is -0.0813. The quantitative estimate of drug-likeness (QED) is 0.450. The number of rotatable bonds is 5. The number of para-hydroxylation sites is 1. The number of pyridine rings is 1. The van der Waals surface area contributed by atoms with Crippen LogP contribution in [0, 0.1) is 31.6 Å². The summed E-state index contributed by atoms with van der Waals surface area (Å²) in [5, 5.41) is 12.9. The molecule has 37 heavy (non-hydrogen) atoms. The topological polar surface area (TPSA) is 83.7 Å². The number of aryl methyl sites for hydroxylation is 1. The maximum absolute atomic E-state index is 14.4. The number of benzene rings is 1. The van der Waals surface area contributed by atoms with E-state index in [9.17, 15) is 23.5 Å². The molecule has 2 heterocycles. The number of nitrogens with one attached hydrogen (secondary N) is 1. The summed E-state index contributed by atoms with van der Waals surface area (Å²) in [4.78, 5) is 30.5. The maximum atomic E-state index is 14.4. The lowest BCUT2D eigenvalue weighted by atomic mass is 9.51. The van der Waals surface area contributed by atoms with Crippen LogP contribution in [0.1, 0.15) is 77.8 Å². The number of carbonyl (C=O) groups is 1. The van der Waals surface area contributed by atoms with E-state index in [2.05, 4.69) is 5.32 Å². The predicted molar refractivity (Wildman–Crippen MR) is 137 cm³/mol. The van der Waals surface area contributed by atoms with Gasteiger partial charge >= 0.3 is 5.97 Å². The first-order valence-electron chi connectivity index (χ1n) is 13.0. The van der Waals surface area contributed by atoms with E-state index in [0.29, 0.717) is 29.7 Å². The second-order valence-electron chi connectivity index (χ2n) is 11.6. The Labute approximate surface area is 213 Å². The van der Waals surface area contributed by atoms with Crippen LogP contribution in [0.25, 0.3) is 5.65 Å². The van der Waals surface area contributed by atoms with Crippen molar-refractivity contribution in [3.63, 3.8) is 0 Å². The van der Waals surface area contributed by atoms with Crippen LogP contribution in [0.2, 0.25) is 0 Å². The third-order valence-electron chi connectivity index (χ3n) is 9.08. The Morgan fingerprint density at radius 3 is 2.70 bits per heavy atom. The van der Waals surface area contributed by atoms with Gasteiger partial charge in [-0.3, -0.25) is 9.20 Å². The van der Waals surface area contributed by atoms with E-state index in [1.165, 1.54) is 0 Å². The molecule has 0 aliphatic heterocycles. The van der Waals surface area contributed by atoms with Crippen LogP contribution in [0.15, 0.2) is 41.3 Å². The highest BCUT2D eigenvalue weighted by Crippen LogP contribution is 2.68. The molecule has 0 spiro atoms. The van der Waals surface area contributed by atoms with Crippen molar-refractivity contribution in [1.29, 1.82) is 0 Å². The summed E-state index contributed by atoms with van der Waals surface area (Å²) in [6.07, 6.45) is 3.76. The number of fused-ring (bicyclic) bond motifs is 2. The van der Waals surface area contributed by atoms with Crippen LogP contribution in [0.5, 0.6) is 0 Å². The number of halogens is 2. The first-order valence-corrected chi connectivity index (χ1v) is 13.0. The number of carboxylic acids is 1. The van der Waals surface area contributed by atoms with Gasteiger partial charge in [-0.15, -0.1) is 0 Å². The molecule has 8 heteroatoms. The number of hydrogen-bond donors (Lipinski definition) is 2. The van der Waals surface area contributed by atoms with Gasteiger partial charge in [0, 0.05) is 41.3 Å². The summed E-state index contributed by atoms with van der Waals surface area (Å²) < 4.78 is 30.4. The molecule has 194 valence electrons. The van der Waals surface area contributed by atoms with Gasteiger partial charge in [-0.2, -0.15) is 0 Å². The van der Waals surface area contributed by atoms with Gasteiger partial charge < -0.3 is 10.4 Å². The van der Waals surface area contributed by atoms with Crippen molar-refractivity contribution in [1.82, 2.24) is 9.38 Å². The van der Waals surface area contributed by atoms with Crippen LogP contribution in [-0.2, 0) is 5.41 Å². The van der Waals surface area contributed by atoms with Crippen molar-refractivity contribution in [2.75, 3.05) is 5.32 Å². The third kappa shape index (κ3) is 3.67. The molecule has 0 saturated heterocycles. The number of hydrogen-bond acceptors (Lipinski definition) is 4. The molecular formula is C29H31F2N3O3. The van der Waals surface area contributed by atoms with Crippen molar-refractivity contribution in [3.8, 4) is 0 Å². The average molecular weight is 508 g/mol. The Morgan fingerprint density at radius 1 is 1.19 bits per heavy atom. The van der Waals surface area contributed by atoms with Crippen molar-refractivity contribution < 1.29 is 18.7 Å². The van der Waals surface area contributed by atoms with Crippen LogP contribution in [0.4, 0.5) is 14.5 Å². The summed E-state index contributed by atoms with van der Waals surface area (Å²) in [7, 11) is 0. The second kappa shape index (κ2) is 8.10. The molecule has 3 saturated carbocycles. The standard InChI is InChI=1S/C29H31F2N3O3/c1-15-8-21(17(3)32-23-7-5-4-6-20(23)27(36)37)25-33-24(16(2)26(35)34(25)14-15)28-10-18-9-22(28)19(12-28)13-29(30,31)11-18/h4-8,14,17-19,22,32H,9-13H2,1-3H3,(H,36,37)/t17-,18?,19?,22?,28?/m1/s1. The number of aromatic nitrogens is 2. The van der Waals surface area contributed by atoms with Gasteiger partial charge in [-0.1, -0.05) is 12.1 Å². The number of carboxylic acid groups (broad SMARTS) is 1. The minimum Gasteiger partial charge on any atom is -0.478 e. The fraction of sp³-hybridized carbons (Fsp3) is 0.483. The number of alkyl halides is 2. The van der Waals surface area contributed by atoms with E-state index < -0.39 is 11.9 Å². The Morgan fingerprint density at radius 2 is 1.95 bits per heavy atom. The Bertz CT molecular complexity index is 1490. The van der Waals surface area contributed by atoms with Crippen LogP contribution >= 0.6 is 0 Å². The van der Waals surface area contributed by atoms with Gasteiger partial charge in [0.1, 0.15) is 5.65 Å². The second-order valence-corrected chi connectivity index (χ2v) is 11.6. The van der Waals surface area contributed by atoms with Crippen LogP contribution in [-0.4, -0.2) is 26.4 Å². The van der Waals surface area contributed by atoms with Gasteiger partial charge in [-0.05, 0) is 81.5 Å². The van der Waals surface area contributed by atoms with Gasteiger partial charge in [-0.25, -0.2) is 18.6 Å². The SMILES string of the molecule is Cc1cc([C@@H](C)Nc2ccccc2C(=O)O)c2nc(C34CC5CC3C(CC(F)(F)C5)C4)c(C)c(=O)n2c1. The van der Waals surface area contributed by atoms with E-state index >= 15 is 0 Å². The Hall–Kier alpha value is -3.29. The summed E-state index contributed by atoms with van der Waals surface area (Å²) in [5.41, 5.74) is 3.79. The normalized spacial score (nSPS) is 28.4. The largest absolute Gasteiger partial charge is 0.478 e. The fourth-order valence-electron chi connectivity index (χ4n) is 7.70. The minimum atomic E-state index is -2.60. The highest BCUT2D eigenvalue weighted by Gasteiger charge is 2.65. The van der Waals surface area contributed by atoms with Gasteiger partial charge in [0.2, 0.25) is 5.92 Å². The zero-order valence-electron chi connectivity index (χ0n) is 21.2. The lowest BCUT2D eigenvalue weighted by Gasteiger charge is -2.53. The summed E-state index contributed by atoms with van der Waals surface area (Å²) >= 11 is 0. The Kier molecular flexibility index (Phi) is 5.27. The molecule has 3 aliphatic rings. The number of nitrogens with zero attached hydrogens (tertiary/aromatic N) is 2. The molecule has 5 atom stereocenters. The monoisotopic (exact) mass is 507 g/mol. The smallest absolute Gasteiger partial charge is 0.337 e. The molecule has 4 unspecified atom stereocenters. The molecule has 0 radical (unpaired) electrons. The zero-order valence-corrected chi connectivity index (χ0v) is 21.2.